The monoisotopic (exact) mass is 521 g/mol. The van der Waals surface area contributed by atoms with Crippen LogP contribution in [0.5, 0.6) is 5.75 Å². The highest BCUT2D eigenvalue weighted by atomic mass is 35.5. The second-order valence-corrected chi connectivity index (χ2v) is 9.38. The molecule has 1 aromatic carbocycles. The average molecular weight is 522 g/mol. The quantitative estimate of drug-likeness (QED) is 0.368. The van der Waals surface area contributed by atoms with Gasteiger partial charge in [0, 0.05) is 19.1 Å². The molecule has 4 aromatic rings. The molecule has 5 heterocycles. The number of hydrogen-bond donors (Lipinski definition) is 0. The SMILES string of the molecule is C=CC(=O)N1C[C@@H]2COc3c(Cl)c4nc5c3c(nc(=O)n5cc(C=C)oc3cccc(F)c34)N2C[C@@H]1C. The van der Waals surface area contributed by atoms with Crippen LogP contribution in [0, 0.1) is 5.82 Å². The zero-order valence-corrected chi connectivity index (χ0v) is 20.5. The normalized spacial score (nSPS) is 18.9. The number of rotatable bonds is 2. The van der Waals surface area contributed by atoms with Gasteiger partial charge >= 0.3 is 5.69 Å². The van der Waals surface area contributed by atoms with Crippen LogP contribution < -0.4 is 15.3 Å². The molecule has 2 atom stereocenters. The summed E-state index contributed by atoms with van der Waals surface area (Å²) in [4.78, 5) is 38.6. The van der Waals surface area contributed by atoms with Crippen LogP contribution in [0.1, 0.15) is 12.7 Å². The lowest BCUT2D eigenvalue weighted by Crippen LogP contribution is -2.60. The van der Waals surface area contributed by atoms with Crippen molar-refractivity contribution in [2.45, 2.75) is 19.0 Å². The Morgan fingerprint density at radius 3 is 2.81 bits per heavy atom. The number of fused-ring (bicyclic) bond motifs is 5. The first-order valence-electron chi connectivity index (χ1n) is 11.6. The summed E-state index contributed by atoms with van der Waals surface area (Å²) in [5.41, 5.74) is -0.222. The summed E-state index contributed by atoms with van der Waals surface area (Å²) in [6.07, 6.45) is 4.08. The van der Waals surface area contributed by atoms with Gasteiger partial charge in [0.2, 0.25) is 5.91 Å². The largest absolute Gasteiger partial charge is 0.489 e. The number of ether oxygens (including phenoxy) is 1. The number of carbonyl (C=O) groups excluding carboxylic acids is 1. The molecule has 3 aromatic heterocycles. The Morgan fingerprint density at radius 2 is 2.05 bits per heavy atom. The standard InChI is InChI=1S/C26H21ClFN5O4/c1-4-15-11-33-24-20-23(21(27)22(29-24)19-16(28)7-6-8-17(19)37-15)36-12-14-10-31(18(34)5-2)13(3)9-32(14)25(20)30-26(33)35/h4-8,11,13-14H,1-2,9-10,12H2,3H3/t13-,14+/m0/s1. The molecule has 0 aliphatic carbocycles. The van der Waals surface area contributed by atoms with E-state index < -0.39 is 11.5 Å². The van der Waals surface area contributed by atoms with E-state index in [2.05, 4.69) is 23.1 Å². The number of carbonyl (C=O) groups is 1. The van der Waals surface area contributed by atoms with E-state index >= 15 is 4.39 Å². The molecule has 1 amide bonds. The van der Waals surface area contributed by atoms with Crippen molar-refractivity contribution >= 4 is 56.9 Å². The van der Waals surface area contributed by atoms with E-state index in [4.69, 9.17) is 20.8 Å². The number of nitrogens with zero attached hydrogens (tertiary/aromatic N) is 5. The minimum Gasteiger partial charge on any atom is -0.489 e. The Balaban J connectivity index is 1.74. The van der Waals surface area contributed by atoms with Crippen molar-refractivity contribution < 1.29 is 18.3 Å². The van der Waals surface area contributed by atoms with Gasteiger partial charge in [-0.2, -0.15) is 4.98 Å². The van der Waals surface area contributed by atoms with E-state index in [1.165, 1.54) is 34.9 Å². The molecule has 188 valence electrons. The summed E-state index contributed by atoms with van der Waals surface area (Å²) in [6.45, 7) is 10.1. The third-order valence-corrected chi connectivity index (χ3v) is 7.17. The lowest BCUT2D eigenvalue weighted by atomic mass is 10.1. The van der Waals surface area contributed by atoms with E-state index in [9.17, 15) is 9.59 Å². The summed E-state index contributed by atoms with van der Waals surface area (Å²) in [6, 6.07) is 3.84. The van der Waals surface area contributed by atoms with Gasteiger partial charge in [-0.3, -0.25) is 4.79 Å². The van der Waals surface area contributed by atoms with E-state index in [1.54, 1.807) is 11.0 Å². The summed E-state index contributed by atoms with van der Waals surface area (Å²) in [5, 5.41) is 0.496. The fraction of sp³-hybridized carbons (Fsp3) is 0.231. The molecule has 37 heavy (non-hydrogen) atoms. The molecule has 0 unspecified atom stereocenters. The van der Waals surface area contributed by atoms with Gasteiger partial charge in [-0.25, -0.2) is 18.6 Å². The Morgan fingerprint density at radius 1 is 1.24 bits per heavy atom. The van der Waals surface area contributed by atoms with Crippen LogP contribution in [0.15, 0.2) is 52.8 Å². The molecular formula is C26H21ClFN5O4. The number of aromatic nitrogens is 3. The predicted molar refractivity (Wildman–Crippen MR) is 138 cm³/mol. The number of amides is 1. The average Bonchev–Trinajstić information content (AvgIpc) is 2.99. The van der Waals surface area contributed by atoms with Crippen LogP contribution in [0.2, 0.25) is 5.02 Å². The second kappa shape index (κ2) is 8.45. The zero-order chi connectivity index (χ0) is 26.0. The van der Waals surface area contributed by atoms with Crippen LogP contribution in [0.4, 0.5) is 10.2 Å². The van der Waals surface area contributed by atoms with E-state index in [0.717, 1.165) is 0 Å². The lowest BCUT2D eigenvalue weighted by molar-refractivity contribution is -0.129. The van der Waals surface area contributed by atoms with Crippen LogP contribution in [0.3, 0.4) is 0 Å². The number of piperazine rings is 1. The van der Waals surface area contributed by atoms with Crippen molar-refractivity contribution in [2.24, 2.45) is 0 Å². The molecule has 0 spiro atoms. The van der Waals surface area contributed by atoms with Gasteiger partial charge in [-0.05, 0) is 31.2 Å². The summed E-state index contributed by atoms with van der Waals surface area (Å²) < 4.78 is 28.6. The molecular weight excluding hydrogens is 501 g/mol. The zero-order valence-electron chi connectivity index (χ0n) is 19.8. The summed E-state index contributed by atoms with van der Waals surface area (Å²) in [5.74, 6) is -0.0439. The van der Waals surface area contributed by atoms with Crippen molar-refractivity contribution in [3.05, 3.63) is 70.7 Å². The van der Waals surface area contributed by atoms with Crippen molar-refractivity contribution in [2.75, 3.05) is 24.6 Å². The minimum absolute atomic E-state index is 0.0274. The Kier molecular flexibility index (Phi) is 5.30. The maximum atomic E-state index is 15.2. The number of hydrogen-bond acceptors (Lipinski definition) is 7. The van der Waals surface area contributed by atoms with E-state index in [-0.39, 0.29) is 63.3 Å². The van der Waals surface area contributed by atoms with Crippen LogP contribution in [-0.4, -0.2) is 57.0 Å². The Labute approximate surface area is 214 Å². The number of halogens is 2. The molecule has 0 saturated carbocycles. The molecule has 1 saturated heterocycles. The number of pyridine rings is 1. The van der Waals surface area contributed by atoms with Gasteiger partial charge in [0.1, 0.15) is 45.5 Å². The summed E-state index contributed by atoms with van der Waals surface area (Å²) >= 11 is 6.85. The molecule has 1 fully saturated rings. The molecule has 9 nitrogen and oxygen atoms in total. The van der Waals surface area contributed by atoms with Crippen LogP contribution in [-0.2, 0) is 4.79 Å². The van der Waals surface area contributed by atoms with Crippen LogP contribution in [0.25, 0.3) is 33.6 Å². The fourth-order valence-corrected chi connectivity index (χ4v) is 5.35. The van der Waals surface area contributed by atoms with Crippen molar-refractivity contribution in [3.8, 4) is 5.75 Å². The molecule has 2 bridgehead atoms. The van der Waals surface area contributed by atoms with Gasteiger partial charge in [0.05, 0.1) is 17.6 Å². The third kappa shape index (κ3) is 3.43. The van der Waals surface area contributed by atoms with Gasteiger partial charge in [-0.15, -0.1) is 0 Å². The summed E-state index contributed by atoms with van der Waals surface area (Å²) in [7, 11) is 0. The number of benzene rings is 1. The molecule has 6 rings (SSSR count). The Hall–Kier alpha value is -4.18. The highest BCUT2D eigenvalue weighted by Gasteiger charge is 2.39. The maximum absolute atomic E-state index is 15.2. The van der Waals surface area contributed by atoms with Crippen molar-refractivity contribution in [1.29, 1.82) is 0 Å². The maximum Gasteiger partial charge on any atom is 0.355 e. The first-order valence-corrected chi connectivity index (χ1v) is 12.0. The number of anilines is 1. The molecule has 11 heteroatoms. The molecule has 2 aliphatic rings. The van der Waals surface area contributed by atoms with Gasteiger partial charge in [-0.1, -0.05) is 30.8 Å². The molecule has 2 aliphatic heterocycles. The lowest BCUT2D eigenvalue weighted by Gasteiger charge is -2.44. The molecule has 0 radical (unpaired) electrons. The smallest absolute Gasteiger partial charge is 0.355 e. The molecule has 0 N–H and O–H groups in total. The minimum atomic E-state index is -0.624. The van der Waals surface area contributed by atoms with Crippen LogP contribution >= 0.6 is 11.6 Å². The topological polar surface area (TPSA) is 93.2 Å². The highest BCUT2D eigenvalue weighted by Crippen LogP contribution is 2.44. The fourth-order valence-electron chi connectivity index (χ4n) is 5.06. The second-order valence-electron chi connectivity index (χ2n) is 9.00. The first kappa shape index (κ1) is 23.2. The van der Waals surface area contributed by atoms with E-state index in [0.29, 0.717) is 24.3 Å². The van der Waals surface area contributed by atoms with Gasteiger partial charge < -0.3 is 19.0 Å². The van der Waals surface area contributed by atoms with Crippen molar-refractivity contribution in [1.82, 2.24) is 19.3 Å². The predicted octanol–water partition coefficient (Wildman–Crippen LogP) is 3.97. The van der Waals surface area contributed by atoms with Gasteiger partial charge in [0.15, 0.2) is 11.4 Å². The third-order valence-electron chi connectivity index (χ3n) is 6.82. The highest BCUT2D eigenvalue weighted by molar-refractivity contribution is 6.38. The Bertz CT molecular complexity index is 1750. The van der Waals surface area contributed by atoms with Gasteiger partial charge in [0.25, 0.3) is 0 Å². The van der Waals surface area contributed by atoms with Crippen molar-refractivity contribution in [3.63, 3.8) is 0 Å². The first-order chi connectivity index (χ1) is 17.8. The van der Waals surface area contributed by atoms with E-state index in [1.807, 2.05) is 11.8 Å².